The summed E-state index contributed by atoms with van der Waals surface area (Å²) in [5.74, 6) is 0. The van der Waals surface area contributed by atoms with Gasteiger partial charge in [0.15, 0.2) is 0 Å². The monoisotopic (exact) mass is 339 g/mol. The maximum absolute atomic E-state index is 11.9. The Morgan fingerprint density at radius 1 is 1.23 bits per heavy atom. The van der Waals surface area contributed by atoms with Crippen LogP contribution >= 0.6 is 11.3 Å². The molecule has 0 bridgehead atoms. The number of aromatic nitrogens is 1. The number of benzene rings is 1. The average Bonchev–Trinajstić information content (AvgIpc) is 2.94. The first-order valence-electron chi connectivity index (χ1n) is 7.05. The van der Waals surface area contributed by atoms with Crippen LogP contribution in [-0.4, -0.2) is 20.4 Å². The highest BCUT2D eigenvalue weighted by Crippen LogP contribution is 2.24. The van der Waals surface area contributed by atoms with Crippen LogP contribution in [0, 0.1) is 6.92 Å². The smallest absolute Gasteiger partial charge is 0.240 e. The normalized spacial score (nSPS) is 14.7. The van der Waals surface area contributed by atoms with Crippen LogP contribution in [0.2, 0.25) is 0 Å². The summed E-state index contributed by atoms with van der Waals surface area (Å²) < 4.78 is 26.1. The van der Waals surface area contributed by atoms with Crippen LogP contribution in [0.3, 0.4) is 0 Å². The fraction of sp³-hybridized carbons (Fsp3) is 0.400. The van der Waals surface area contributed by atoms with Crippen LogP contribution in [0.25, 0.3) is 0 Å². The number of aryl methyl sites for hydroxylation is 1. The zero-order chi connectivity index (χ0) is 16.3. The van der Waals surface area contributed by atoms with Gasteiger partial charge in [0.2, 0.25) is 10.0 Å². The van der Waals surface area contributed by atoms with Gasteiger partial charge in [-0.3, -0.25) is 0 Å². The molecule has 0 aliphatic carbocycles. The SMILES string of the molecule is CNS(=O)(=O)c1cccc([C@H](C)N[C@@H](C)c2ncc(C)s2)c1. The summed E-state index contributed by atoms with van der Waals surface area (Å²) in [6.45, 7) is 6.11. The Morgan fingerprint density at radius 3 is 2.55 bits per heavy atom. The van der Waals surface area contributed by atoms with E-state index in [1.165, 1.54) is 11.9 Å². The van der Waals surface area contributed by atoms with Gasteiger partial charge >= 0.3 is 0 Å². The van der Waals surface area contributed by atoms with Gasteiger partial charge in [0.05, 0.1) is 10.9 Å². The van der Waals surface area contributed by atoms with Crippen molar-refractivity contribution in [2.45, 2.75) is 37.8 Å². The summed E-state index contributed by atoms with van der Waals surface area (Å²) in [6.07, 6.45) is 1.86. The summed E-state index contributed by atoms with van der Waals surface area (Å²) in [5, 5.41) is 4.49. The van der Waals surface area contributed by atoms with Gasteiger partial charge in [0.25, 0.3) is 0 Å². The molecule has 2 aromatic rings. The van der Waals surface area contributed by atoms with Gasteiger partial charge < -0.3 is 5.32 Å². The third-order valence-corrected chi connectivity index (χ3v) is 5.95. The van der Waals surface area contributed by atoms with E-state index in [0.717, 1.165) is 10.6 Å². The van der Waals surface area contributed by atoms with E-state index in [4.69, 9.17) is 0 Å². The zero-order valence-corrected chi connectivity index (χ0v) is 14.8. The van der Waals surface area contributed by atoms with E-state index in [-0.39, 0.29) is 17.0 Å². The van der Waals surface area contributed by atoms with E-state index in [2.05, 4.69) is 21.9 Å². The zero-order valence-electron chi connectivity index (χ0n) is 13.1. The fourth-order valence-electron chi connectivity index (χ4n) is 2.18. The van der Waals surface area contributed by atoms with Crippen LogP contribution in [0.4, 0.5) is 0 Å². The first-order valence-corrected chi connectivity index (χ1v) is 9.35. The predicted molar refractivity (Wildman–Crippen MR) is 89.5 cm³/mol. The van der Waals surface area contributed by atoms with Gasteiger partial charge in [0.1, 0.15) is 5.01 Å². The molecule has 0 spiro atoms. The van der Waals surface area contributed by atoms with E-state index in [1.807, 2.05) is 26.1 Å². The molecule has 0 saturated carbocycles. The minimum Gasteiger partial charge on any atom is -0.302 e. The van der Waals surface area contributed by atoms with E-state index < -0.39 is 10.0 Å². The third-order valence-electron chi connectivity index (χ3n) is 3.45. The van der Waals surface area contributed by atoms with Crippen LogP contribution < -0.4 is 10.0 Å². The Bertz CT molecular complexity index is 741. The number of sulfonamides is 1. The lowest BCUT2D eigenvalue weighted by Gasteiger charge is -2.19. The van der Waals surface area contributed by atoms with Crippen molar-refractivity contribution in [1.29, 1.82) is 0 Å². The summed E-state index contributed by atoms with van der Waals surface area (Å²) in [4.78, 5) is 5.84. The maximum atomic E-state index is 11.9. The number of nitrogens with one attached hydrogen (secondary N) is 2. The van der Waals surface area contributed by atoms with Crippen LogP contribution in [0.1, 0.15) is 41.4 Å². The molecular formula is C15H21N3O2S2. The van der Waals surface area contributed by atoms with Crippen LogP contribution in [-0.2, 0) is 10.0 Å². The molecular weight excluding hydrogens is 318 g/mol. The third kappa shape index (κ3) is 3.92. The Morgan fingerprint density at radius 2 is 1.95 bits per heavy atom. The molecule has 5 nitrogen and oxygen atoms in total. The topological polar surface area (TPSA) is 71.1 Å². The van der Waals surface area contributed by atoms with Gasteiger partial charge in [-0.15, -0.1) is 11.3 Å². The van der Waals surface area contributed by atoms with E-state index in [9.17, 15) is 8.42 Å². The molecule has 0 aliphatic heterocycles. The van der Waals surface area contributed by atoms with Crippen molar-refractivity contribution < 1.29 is 8.42 Å². The second-order valence-electron chi connectivity index (χ2n) is 5.20. The molecule has 1 heterocycles. The fourth-order valence-corrected chi connectivity index (χ4v) is 3.75. The number of hydrogen-bond acceptors (Lipinski definition) is 5. The first-order chi connectivity index (χ1) is 10.3. The molecule has 1 aromatic heterocycles. The second kappa shape index (κ2) is 6.87. The molecule has 2 N–H and O–H groups in total. The molecule has 0 saturated heterocycles. The highest BCUT2D eigenvalue weighted by Gasteiger charge is 2.16. The molecule has 0 amide bonds. The lowest BCUT2D eigenvalue weighted by atomic mass is 10.1. The Balaban J connectivity index is 2.16. The molecule has 0 fully saturated rings. The Hall–Kier alpha value is -1.28. The van der Waals surface area contributed by atoms with E-state index >= 15 is 0 Å². The molecule has 7 heteroatoms. The molecule has 2 atom stereocenters. The van der Waals surface area contributed by atoms with E-state index in [1.54, 1.807) is 29.5 Å². The molecule has 0 radical (unpaired) electrons. The summed E-state index contributed by atoms with van der Waals surface area (Å²) >= 11 is 1.66. The summed E-state index contributed by atoms with van der Waals surface area (Å²) in [7, 11) is -2.01. The largest absolute Gasteiger partial charge is 0.302 e. The second-order valence-corrected chi connectivity index (χ2v) is 8.35. The van der Waals surface area contributed by atoms with Crippen molar-refractivity contribution in [3.63, 3.8) is 0 Å². The molecule has 120 valence electrons. The van der Waals surface area contributed by atoms with Gasteiger partial charge in [-0.05, 0) is 45.5 Å². The summed E-state index contributed by atoms with van der Waals surface area (Å²) in [6, 6.07) is 7.10. The Labute approximate surface area is 135 Å². The average molecular weight is 339 g/mol. The lowest BCUT2D eigenvalue weighted by Crippen LogP contribution is -2.23. The van der Waals surface area contributed by atoms with Crippen LogP contribution in [0.15, 0.2) is 35.4 Å². The number of thiazole rings is 1. The number of hydrogen-bond donors (Lipinski definition) is 2. The van der Waals surface area contributed by atoms with Crippen molar-refractivity contribution in [2.75, 3.05) is 7.05 Å². The van der Waals surface area contributed by atoms with Gasteiger partial charge in [-0.2, -0.15) is 0 Å². The van der Waals surface area contributed by atoms with Gasteiger partial charge in [-0.25, -0.2) is 18.1 Å². The molecule has 22 heavy (non-hydrogen) atoms. The van der Waals surface area contributed by atoms with Crippen molar-refractivity contribution in [3.05, 3.63) is 45.9 Å². The van der Waals surface area contributed by atoms with Crippen molar-refractivity contribution >= 4 is 21.4 Å². The minimum absolute atomic E-state index is 0.0196. The predicted octanol–water partition coefficient (Wildman–Crippen LogP) is 2.77. The lowest BCUT2D eigenvalue weighted by molar-refractivity contribution is 0.492. The van der Waals surface area contributed by atoms with Crippen molar-refractivity contribution in [1.82, 2.24) is 15.0 Å². The quantitative estimate of drug-likeness (QED) is 0.849. The summed E-state index contributed by atoms with van der Waals surface area (Å²) in [5.41, 5.74) is 0.927. The van der Waals surface area contributed by atoms with Crippen molar-refractivity contribution in [2.24, 2.45) is 0 Å². The van der Waals surface area contributed by atoms with Crippen molar-refractivity contribution in [3.8, 4) is 0 Å². The highest BCUT2D eigenvalue weighted by molar-refractivity contribution is 7.89. The van der Waals surface area contributed by atoms with Crippen LogP contribution in [0.5, 0.6) is 0 Å². The number of nitrogens with zero attached hydrogens (tertiary/aromatic N) is 1. The maximum Gasteiger partial charge on any atom is 0.240 e. The van der Waals surface area contributed by atoms with Gasteiger partial charge in [-0.1, -0.05) is 12.1 Å². The first kappa shape index (κ1) is 17.1. The van der Waals surface area contributed by atoms with E-state index in [0.29, 0.717) is 0 Å². The standard InChI is InChI=1S/C15H21N3O2S2/c1-10-9-17-15(21-10)12(3)18-11(2)13-6-5-7-14(8-13)22(19,20)16-4/h5-9,11-12,16,18H,1-4H3/t11-,12-/m0/s1. The highest BCUT2D eigenvalue weighted by atomic mass is 32.2. The molecule has 2 rings (SSSR count). The minimum atomic E-state index is -3.42. The molecule has 1 aromatic carbocycles. The number of rotatable bonds is 6. The molecule has 0 unspecified atom stereocenters. The Kier molecular flexibility index (Phi) is 5.33. The molecule has 0 aliphatic rings. The van der Waals surface area contributed by atoms with Gasteiger partial charge in [0, 0.05) is 17.1 Å².